The van der Waals surface area contributed by atoms with Crippen molar-refractivity contribution in [2.75, 3.05) is 27.1 Å². The molecule has 28 heavy (non-hydrogen) atoms. The molecule has 2 aromatic carbocycles. The van der Waals surface area contributed by atoms with Crippen LogP contribution in [0.2, 0.25) is 5.02 Å². The molecule has 0 unspecified atom stereocenters. The highest BCUT2D eigenvalue weighted by Crippen LogP contribution is 2.41. The lowest BCUT2D eigenvalue weighted by atomic mass is 10.0. The Bertz CT molecular complexity index is 961. The summed E-state index contributed by atoms with van der Waals surface area (Å²) in [6, 6.07) is 9.30. The lowest BCUT2D eigenvalue weighted by Gasteiger charge is -2.13. The Balaban J connectivity index is 0.00000196. The summed E-state index contributed by atoms with van der Waals surface area (Å²) in [5, 5.41) is 0.452. The van der Waals surface area contributed by atoms with Crippen molar-refractivity contribution in [1.82, 2.24) is 9.55 Å². The monoisotopic (exact) mass is 443 g/mol. The molecule has 3 aromatic rings. The first-order valence-electron chi connectivity index (χ1n) is 7.87. The highest BCUT2D eigenvalue weighted by molar-refractivity contribution is 6.32. The number of aromatic nitrogens is 2. The Labute approximate surface area is 181 Å². The number of ether oxygens (including phenoxy) is 3. The molecule has 0 aliphatic heterocycles. The van der Waals surface area contributed by atoms with E-state index in [1.54, 1.807) is 27.7 Å². The molecular formula is C19H20Cl3N3O3-2. The number of nitrogens with two attached hydrogens (primary N) is 1. The molecule has 2 N–H and O–H groups in total. The molecule has 0 saturated heterocycles. The van der Waals surface area contributed by atoms with Crippen LogP contribution in [0.4, 0.5) is 5.69 Å². The molecule has 152 valence electrons. The van der Waals surface area contributed by atoms with Gasteiger partial charge in [0, 0.05) is 18.2 Å². The van der Waals surface area contributed by atoms with Gasteiger partial charge >= 0.3 is 0 Å². The number of methoxy groups -OCH3 is 3. The number of aryl methyl sites for hydroxylation is 1. The minimum atomic E-state index is 0. The first-order chi connectivity index (χ1) is 12.5. The maximum atomic E-state index is 6.36. The van der Waals surface area contributed by atoms with Gasteiger partial charge in [-0.3, -0.25) is 0 Å². The molecule has 0 aliphatic carbocycles. The van der Waals surface area contributed by atoms with E-state index in [-0.39, 0.29) is 24.8 Å². The number of hydrogen-bond acceptors (Lipinski definition) is 5. The second-order valence-corrected chi connectivity index (χ2v) is 6.11. The Morgan fingerprint density at radius 1 is 0.929 bits per heavy atom. The van der Waals surface area contributed by atoms with Gasteiger partial charge in [0.2, 0.25) is 0 Å². The maximum absolute atomic E-state index is 6.36. The second-order valence-electron chi connectivity index (χ2n) is 5.70. The van der Waals surface area contributed by atoms with Gasteiger partial charge in [-0.05, 0) is 30.3 Å². The Kier molecular flexibility index (Phi) is 8.29. The van der Waals surface area contributed by atoms with Crippen LogP contribution in [0.25, 0.3) is 22.5 Å². The van der Waals surface area contributed by atoms with Crippen molar-refractivity contribution in [1.29, 1.82) is 0 Å². The summed E-state index contributed by atoms with van der Waals surface area (Å²) in [6.45, 7) is 0. The van der Waals surface area contributed by atoms with E-state index in [0.717, 1.165) is 22.5 Å². The largest absolute Gasteiger partial charge is 1.00 e. The van der Waals surface area contributed by atoms with Gasteiger partial charge < -0.3 is 49.3 Å². The van der Waals surface area contributed by atoms with E-state index in [0.29, 0.717) is 28.0 Å². The number of halogens is 3. The van der Waals surface area contributed by atoms with E-state index in [1.165, 1.54) is 0 Å². The number of imidazole rings is 1. The fraction of sp³-hybridized carbons (Fsp3) is 0.211. The fourth-order valence-electron chi connectivity index (χ4n) is 2.92. The third-order valence-electron chi connectivity index (χ3n) is 4.15. The van der Waals surface area contributed by atoms with Crippen molar-refractivity contribution in [3.63, 3.8) is 0 Å². The minimum absolute atomic E-state index is 0. The number of nitrogen functional groups attached to an aromatic ring is 1. The third-order valence-corrected chi connectivity index (χ3v) is 4.43. The van der Waals surface area contributed by atoms with E-state index in [9.17, 15) is 0 Å². The molecule has 0 saturated carbocycles. The highest BCUT2D eigenvalue weighted by Gasteiger charge is 2.18. The molecule has 1 aromatic heterocycles. The molecule has 6 nitrogen and oxygen atoms in total. The summed E-state index contributed by atoms with van der Waals surface area (Å²) >= 11 is 6.36. The van der Waals surface area contributed by atoms with Crippen molar-refractivity contribution >= 4 is 17.3 Å². The lowest BCUT2D eigenvalue weighted by molar-refractivity contribution is -0.00100. The molecule has 3 rings (SSSR count). The smallest absolute Gasteiger partial charge is 0.179 e. The Hall–Kier alpha value is -2.28. The van der Waals surface area contributed by atoms with E-state index < -0.39 is 0 Å². The van der Waals surface area contributed by atoms with Crippen molar-refractivity contribution in [3.8, 4) is 39.8 Å². The molecule has 0 aliphatic rings. The molecule has 0 bridgehead atoms. The Morgan fingerprint density at radius 3 is 2.18 bits per heavy atom. The third kappa shape index (κ3) is 4.24. The average Bonchev–Trinajstić information content (AvgIpc) is 3.02. The molecule has 0 fully saturated rings. The van der Waals surface area contributed by atoms with Gasteiger partial charge in [0.15, 0.2) is 11.5 Å². The van der Waals surface area contributed by atoms with Gasteiger partial charge in [-0.1, -0.05) is 11.6 Å². The van der Waals surface area contributed by atoms with Gasteiger partial charge in [-0.15, -0.1) is 0 Å². The SMILES string of the molecule is COc1ccc(-c2c(-c3cc(Cl)c(OC)c(OC)c3)ncn2C)cc1N.[Cl-].[Cl-]. The van der Waals surface area contributed by atoms with Crippen LogP contribution in [-0.2, 0) is 7.05 Å². The van der Waals surface area contributed by atoms with Gasteiger partial charge in [-0.25, -0.2) is 4.98 Å². The van der Waals surface area contributed by atoms with Crippen molar-refractivity contribution in [2.24, 2.45) is 7.05 Å². The van der Waals surface area contributed by atoms with E-state index >= 15 is 0 Å². The second kappa shape index (κ2) is 9.78. The molecule has 0 spiro atoms. The Morgan fingerprint density at radius 2 is 1.61 bits per heavy atom. The zero-order chi connectivity index (χ0) is 18.8. The molecule has 9 heteroatoms. The highest BCUT2D eigenvalue weighted by atomic mass is 35.5. The summed E-state index contributed by atoms with van der Waals surface area (Å²) in [5.41, 5.74) is 10.0. The molecule has 0 atom stereocenters. The summed E-state index contributed by atoms with van der Waals surface area (Å²) in [5.74, 6) is 1.66. The van der Waals surface area contributed by atoms with Gasteiger partial charge in [-0.2, -0.15) is 0 Å². The summed E-state index contributed by atoms with van der Waals surface area (Å²) in [4.78, 5) is 4.54. The van der Waals surface area contributed by atoms with Crippen LogP contribution in [0.1, 0.15) is 0 Å². The molecular weight excluding hydrogens is 425 g/mol. The fourth-order valence-corrected chi connectivity index (χ4v) is 3.21. The predicted molar refractivity (Wildman–Crippen MR) is 103 cm³/mol. The van der Waals surface area contributed by atoms with Crippen molar-refractivity contribution in [3.05, 3.63) is 41.7 Å². The number of anilines is 1. The van der Waals surface area contributed by atoms with Crippen molar-refractivity contribution in [2.45, 2.75) is 0 Å². The quantitative estimate of drug-likeness (QED) is 0.462. The molecule has 0 radical (unpaired) electrons. The molecule has 1 heterocycles. The van der Waals surface area contributed by atoms with Crippen LogP contribution in [0.15, 0.2) is 36.7 Å². The normalized spacial score (nSPS) is 9.89. The number of rotatable bonds is 5. The van der Waals surface area contributed by atoms with Crippen molar-refractivity contribution < 1.29 is 39.0 Å². The first kappa shape index (κ1) is 23.8. The number of nitrogens with zero attached hydrogens (tertiary/aromatic N) is 2. The average molecular weight is 445 g/mol. The minimum Gasteiger partial charge on any atom is -1.00 e. The van der Waals surface area contributed by atoms with Crippen LogP contribution in [0, 0.1) is 0 Å². The standard InChI is InChI=1S/C19H20ClN3O3.2ClH/c1-23-10-22-17(12-7-13(20)19(26-4)16(9-12)25-3)18(23)11-5-6-15(24-2)14(21)8-11;;/h5-10H,21H2,1-4H3;2*1H/p-2. The number of benzene rings is 2. The summed E-state index contributed by atoms with van der Waals surface area (Å²) in [6.07, 6.45) is 1.75. The zero-order valence-corrected chi connectivity index (χ0v) is 18.1. The first-order valence-corrected chi connectivity index (χ1v) is 8.25. The lowest BCUT2D eigenvalue weighted by Crippen LogP contribution is -3.00. The number of hydrogen-bond donors (Lipinski definition) is 1. The zero-order valence-electron chi connectivity index (χ0n) is 15.8. The van der Waals surface area contributed by atoms with Gasteiger partial charge in [0.25, 0.3) is 0 Å². The van der Waals surface area contributed by atoms with E-state index in [4.69, 9.17) is 31.5 Å². The van der Waals surface area contributed by atoms with Crippen LogP contribution in [-0.4, -0.2) is 30.9 Å². The van der Waals surface area contributed by atoms with E-state index in [1.807, 2.05) is 41.9 Å². The maximum Gasteiger partial charge on any atom is 0.179 e. The summed E-state index contributed by atoms with van der Waals surface area (Å²) < 4.78 is 17.9. The summed E-state index contributed by atoms with van der Waals surface area (Å²) in [7, 11) is 6.64. The predicted octanol–water partition coefficient (Wildman–Crippen LogP) is -1.98. The van der Waals surface area contributed by atoms with Crippen LogP contribution in [0.3, 0.4) is 0 Å². The van der Waals surface area contributed by atoms with Crippen LogP contribution < -0.4 is 44.8 Å². The van der Waals surface area contributed by atoms with Crippen LogP contribution >= 0.6 is 11.6 Å². The topological polar surface area (TPSA) is 71.5 Å². The van der Waals surface area contributed by atoms with Gasteiger partial charge in [0.05, 0.1) is 49.8 Å². The van der Waals surface area contributed by atoms with E-state index in [2.05, 4.69) is 4.98 Å². The van der Waals surface area contributed by atoms with Gasteiger partial charge in [0.1, 0.15) is 5.75 Å². The van der Waals surface area contributed by atoms with Crippen LogP contribution in [0.5, 0.6) is 17.2 Å². The molecule has 0 amide bonds.